The van der Waals surface area contributed by atoms with Crippen LogP contribution in [-0.4, -0.2) is 11.9 Å². The second-order valence-corrected chi connectivity index (χ2v) is 1.87. The monoisotopic (exact) mass is 119 g/mol. The van der Waals surface area contributed by atoms with Crippen LogP contribution in [0.2, 0.25) is 0 Å². The van der Waals surface area contributed by atoms with E-state index in [0.29, 0.717) is 0 Å². The normalized spacial score (nSPS) is 16.1. The van der Waals surface area contributed by atoms with Gasteiger partial charge < -0.3 is 4.90 Å². The lowest BCUT2D eigenvalue weighted by Crippen LogP contribution is -2.08. The molecule has 0 radical (unpaired) electrons. The molecule has 46 valence electrons. The minimum Gasteiger partial charge on any atom is -0.345 e. The Morgan fingerprint density at radius 3 is 2.78 bits per heavy atom. The summed E-state index contributed by atoms with van der Waals surface area (Å²) in [5.74, 6) is 0. The van der Waals surface area contributed by atoms with Gasteiger partial charge in [0.2, 0.25) is 0 Å². The smallest absolute Gasteiger partial charge is 0.0830 e. The zero-order valence-corrected chi connectivity index (χ0v) is 5.46. The summed E-state index contributed by atoms with van der Waals surface area (Å²) in [6.45, 7) is 3.55. The average molecular weight is 119 g/mol. The molecule has 0 spiro atoms. The van der Waals surface area contributed by atoms with Crippen molar-refractivity contribution in [3.63, 3.8) is 0 Å². The van der Waals surface area contributed by atoms with Crippen LogP contribution in [0.1, 0.15) is 0 Å². The molecular formula is C8H9N. The van der Waals surface area contributed by atoms with Gasteiger partial charge in [0.05, 0.1) is 5.70 Å². The first-order valence-electron chi connectivity index (χ1n) is 2.82. The van der Waals surface area contributed by atoms with E-state index in [1.807, 2.05) is 36.4 Å². The van der Waals surface area contributed by atoms with Crippen LogP contribution in [0.25, 0.3) is 0 Å². The van der Waals surface area contributed by atoms with Crippen LogP contribution >= 0.6 is 0 Å². The average Bonchev–Trinajstić information content (AvgIpc) is 1.89. The van der Waals surface area contributed by atoms with Gasteiger partial charge in [-0.25, -0.2) is 0 Å². The Morgan fingerprint density at radius 1 is 1.56 bits per heavy atom. The topological polar surface area (TPSA) is 3.24 Å². The lowest BCUT2D eigenvalue weighted by molar-refractivity contribution is 0.585. The van der Waals surface area contributed by atoms with Crippen LogP contribution in [0.5, 0.6) is 0 Å². The van der Waals surface area contributed by atoms with Crippen molar-refractivity contribution >= 4 is 0 Å². The van der Waals surface area contributed by atoms with Crippen molar-refractivity contribution in [1.82, 2.24) is 4.90 Å². The van der Waals surface area contributed by atoms with Crippen LogP contribution in [-0.2, 0) is 0 Å². The van der Waals surface area contributed by atoms with Crippen molar-refractivity contribution in [2.45, 2.75) is 0 Å². The second kappa shape index (κ2) is 2.38. The van der Waals surface area contributed by atoms with E-state index in [4.69, 9.17) is 0 Å². The molecule has 1 heterocycles. The minimum atomic E-state index is 1.01. The van der Waals surface area contributed by atoms with E-state index >= 15 is 0 Å². The summed E-state index contributed by atoms with van der Waals surface area (Å²) in [6, 6.07) is 0. The molecule has 0 unspecified atom stereocenters. The number of allylic oxidation sites excluding steroid dienone is 3. The highest BCUT2D eigenvalue weighted by Crippen LogP contribution is 2.06. The third-order valence-electron chi connectivity index (χ3n) is 1.24. The molecule has 1 nitrogen and oxygen atoms in total. The fourth-order valence-electron chi connectivity index (χ4n) is 0.707. The molecule has 1 aliphatic heterocycles. The molecule has 1 rings (SSSR count). The van der Waals surface area contributed by atoms with E-state index < -0.39 is 0 Å². The lowest BCUT2D eigenvalue weighted by atomic mass is 10.3. The van der Waals surface area contributed by atoms with E-state index in [1.165, 1.54) is 0 Å². The largest absolute Gasteiger partial charge is 0.345 e. The summed E-state index contributed by atoms with van der Waals surface area (Å²) >= 11 is 0. The first kappa shape index (κ1) is 5.93. The fourth-order valence-corrected chi connectivity index (χ4v) is 0.707. The Hall–Kier alpha value is -1.20. The molecule has 0 saturated carbocycles. The summed E-state index contributed by atoms with van der Waals surface area (Å²) in [6.07, 6.45) is 7.87. The van der Waals surface area contributed by atoms with Gasteiger partial charge in [0.1, 0.15) is 0 Å². The molecule has 0 aromatic rings. The van der Waals surface area contributed by atoms with Crippen LogP contribution in [0.15, 0.2) is 42.4 Å². The second-order valence-electron chi connectivity index (χ2n) is 1.87. The maximum Gasteiger partial charge on any atom is 0.0830 e. The molecule has 1 aliphatic rings. The Labute approximate surface area is 55.3 Å². The number of nitrogens with zero attached hydrogens (tertiary/aromatic N) is 1. The Bertz CT molecular complexity index is 205. The molecule has 0 aromatic heterocycles. The van der Waals surface area contributed by atoms with Gasteiger partial charge in [-0.05, 0) is 12.2 Å². The zero-order valence-electron chi connectivity index (χ0n) is 5.46. The van der Waals surface area contributed by atoms with Crippen LogP contribution < -0.4 is 0 Å². The molecule has 0 amide bonds. The molecular weight excluding hydrogens is 110 g/mol. The lowest BCUT2D eigenvalue weighted by Gasteiger charge is -2.14. The highest BCUT2D eigenvalue weighted by Gasteiger charge is 1.96. The Morgan fingerprint density at radius 2 is 2.33 bits per heavy atom. The van der Waals surface area contributed by atoms with Crippen molar-refractivity contribution in [2.24, 2.45) is 0 Å². The van der Waals surface area contributed by atoms with Gasteiger partial charge in [-0.1, -0.05) is 12.7 Å². The SMILES string of the molecule is C=C=C1C=CC=CN1C. The molecule has 0 bridgehead atoms. The van der Waals surface area contributed by atoms with Gasteiger partial charge in [-0.15, -0.1) is 5.73 Å². The van der Waals surface area contributed by atoms with E-state index in [2.05, 4.69) is 12.3 Å². The van der Waals surface area contributed by atoms with Crippen molar-refractivity contribution in [3.8, 4) is 0 Å². The van der Waals surface area contributed by atoms with Gasteiger partial charge >= 0.3 is 0 Å². The summed E-state index contributed by atoms with van der Waals surface area (Å²) in [4.78, 5) is 1.97. The molecule has 0 saturated heterocycles. The quantitative estimate of drug-likeness (QED) is 0.438. The predicted octanol–water partition coefficient (Wildman–Crippen LogP) is 1.67. The molecule has 9 heavy (non-hydrogen) atoms. The van der Waals surface area contributed by atoms with Crippen LogP contribution in [0.3, 0.4) is 0 Å². The molecule has 0 aromatic carbocycles. The maximum atomic E-state index is 3.55. The first-order valence-corrected chi connectivity index (χ1v) is 2.82. The summed E-state index contributed by atoms with van der Waals surface area (Å²) in [7, 11) is 1.97. The van der Waals surface area contributed by atoms with Crippen LogP contribution in [0, 0.1) is 0 Å². The molecule has 0 fully saturated rings. The summed E-state index contributed by atoms with van der Waals surface area (Å²) in [5, 5.41) is 0. The third kappa shape index (κ3) is 1.13. The van der Waals surface area contributed by atoms with E-state index in [-0.39, 0.29) is 0 Å². The van der Waals surface area contributed by atoms with Gasteiger partial charge in [0.15, 0.2) is 0 Å². The first-order chi connectivity index (χ1) is 4.34. The zero-order chi connectivity index (χ0) is 6.69. The van der Waals surface area contributed by atoms with E-state index in [9.17, 15) is 0 Å². The number of likely N-dealkylation sites (N-methyl/N-ethyl adjacent to an activating group) is 1. The highest BCUT2D eigenvalue weighted by atomic mass is 15.1. The van der Waals surface area contributed by atoms with E-state index in [1.54, 1.807) is 0 Å². The van der Waals surface area contributed by atoms with Gasteiger partial charge in [-0.3, -0.25) is 0 Å². The standard InChI is InChI=1S/C8H9N/c1-3-8-6-4-5-7-9(8)2/h4-7H,1H2,2H3. The third-order valence-corrected chi connectivity index (χ3v) is 1.24. The van der Waals surface area contributed by atoms with Gasteiger partial charge in [-0.2, -0.15) is 0 Å². The molecule has 0 atom stereocenters. The molecule has 0 N–H and O–H groups in total. The highest BCUT2D eigenvalue weighted by molar-refractivity contribution is 5.25. The fraction of sp³-hybridized carbons (Fsp3) is 0.125. The van der Waals surface area contributed by atoms with Gasteiger partial charge in [0, 0.05) is 13.2 Å². The predicted molar refractivity (Wildman–Crippen MR) is 38.7 cm³/mol. The molecule has 0 aliphatic carbocycles. The minimum absolute atomic E-state index is 1.01. The van der Waals surface area contributed by atoms with Crippen molar-refractivity contribution in [2.75, 3.05) is 7.05 Å². The summed E-state index contributed by atoms with van der Waals surface area (Å²) in [5.41, 5.74) is 3.82. The van der Waals surface area contributed by atoms with Crippen molar-refractivity contribution < 1.29 is 0 Å². The number of hydrogen-bond donors (Lipinski definition) is 0. The van der Waals surface area contributed by atoms with Crippen molar-refractivity contribution in [3.05, 3.63) is 42.4 Å². The van der Waals surface area contributed by atoms with Crippen LogP contribution in [0.4, 0.5) is 0 Å². The summed E-state index contributed by atoms with van der Waals surface area (Å²) < 4.78 is 0. The number of hydrogen-bond acceptors (Lipinski definition) is 1. The molecule has 1 heteroatoms. The van der Waals surface area contributed by atoms with Crippen molar-refractivity contribution in [1.29, 1.82) is 0 Å². The maximum absolute atomic E-state index is 3.55. The van der Waals surface area contributed by atoms with Gasteiger partial charge in [0.25, 0.3) is 0 Å². The Kier molecular flexibility index (Phi) is 1.57. The number of rotatable bonds is 0. The van der Waals surface area contributed by atoms with E-state index in [0.717, 1.165) is 5.70 Å². The Balaban J connectivity index is 2.90.